The van der Waals surface area contributed by atoms with Crippen LogP contribution in [-0.2, 0) is 27.8 Å². The molecule has 0 spiro atoms. The maximum absolute atomic E-state index is 12.4. The summed E-state index contributed by atoms with van der Waals surface area (Å²) in [6.07, 6.45) is 0.0671. The molecule has 34 heavy (non-hydrogen) atoms. The van der Waals surface area contributed by atoms with Gasteiger partial charge >= 0.3 is 5.97 Å². The topological polar surface area (TPSA) is 127 Å². The molecule has 0 aliphatic rings. The minimum absolute atomic E-state index is 0.0671. The number of benzene rings is 1. The van der Waals surface area contributed by atoms with Gasteiger partial charge in [-0.15, -0.1) is 21.5 Å². The molecule has 1 N–H and O–H groups in total. The fourth-order valence-corrected chi connectivity index (χ4v) is 4.43. The summed E-state index contributed by atoms with van der Waals surface area (Å²) in [6, 6.07) is 3.56. The van der Waals surface area contributed by atoms with Gasteiger partial charge in [0, 0.05) is 18.0 Å². The quantitative estimate of drug-likeness (QED) is 0.306. The predicted molar refractivity (Wildman–Crippen MR) is 128 cm³/mol. The Bertz CT molecular complexity index is 1140. The van der Waals surface area contributed by atoms with Gasteiger partial charge in [0.2, 0.25) is 11.7 Å². The number of nitrogens with zero attached hydrogens (tertiary/aromatic N) is 4. The van der Waals surface area contributed by atoms with Crippen molar-refractivity contribution in [2.75, 3.05) is 39.0 Å². The average molecular weight is 508 g/mol. The minimum Gasteiger partial charge on any atom is -0.493 e. The lowest BCUT2D eigenvalue weighted by Crippen LogP contribution is -2.14. The molecule has 2 aromatic heterocycles. The zero-order chi connectivity index (χ0) is 24.7. The van der Waals surface area contributed by atoms with Crippen LogP contribution in [0.25, 0.3) is 11.4 Å². The van der Waals surface area contributed by atoms with Gasteiger partial charge in [0.1, 0.15) is 0 Å². The number of rotatable bonds is 11. The number of thiazole rings is 1. The van der Waals surface area contributed by atoms with Crippen LogP contribution >= 0.6 is 23.1 Å². The van der Waals surface area contributed by atoms with Crippen molar-refractivity contribution in [1.82, 2.24) is 19.7 Å². The summed E-state index contributed by atoms with van der Waals surface area (Å²) in [5.74, 6) is 1.55. The van der Waals surface area contributed by atoms with Crippen molar-refractivity contribution in [3.05, 3.63) is 23.2 Å². The molecule has 182 valence electrons. The molecule has 3 aromatic rings. The molecule has 1 amide bonds. The molecule has 13 heteroatoms. The fourth-order valence-electron chi connectivity index (χ4n) is 2.99. The Morgan fingerprint density at radius 3 is 2.44 bits per heavy atom. The second-order valence-corrected chi connectivity index (χ2v) is 8.54. The maximum Gasteiger partial charge on any atom is 0.311 e. The molecule has 0 saturated heterocycles. The lowest BCUT2D eigenvalue weighted by molar-refractivity contribution is -0.142. The second kappa shape index (κ2) is 11.7. The summed E-state index contributed by atoms with van der Waals surface area (Å²) in [5.41, 5.74) is 1.27. The third-order valence-electron chi connectivity index (χ3n) is 4.52. The van der Waals surface area contributed by atoms with Gasteiger partial charge < -0.3 is 28.8 Å². The highest BCUT2D eigenvalue weighted by Crippen LogP contribution is 2.41. The minimum atomic E-state index is -0.355. The monoisotopic (exact) mass is 507 g/mol. The largest absolute Gasteiger partial charge is 0.493 e. The Balaban J connectivity index is 1.65. The Morgan fingerprint density at radius 2 is 1.82 bits per heavy atom. The molecule has 11 nitrogen and oxygen atoms in total. The zero-order valence-corrected chi connectivity index (χ0v) is 21.0. The van der Waals surface area contributed by atoms with Gasteiger partial charge in [-0.3, -0.25) is 9.59 Å². The van der Waals surface area contributed by atoms with Gasteiger partial charge in [-0.1, -0.05) is 11.8 Å². The van der Waals surface area contributed by atoms with Gasteiger partial charge in [0.15, 0.2) is 27.6 Å². The molecule has 0 fully saturated rings. The normalized spacial score (nSPS) is 10.6. The average Bonchev–Trinajstić information content (AvgIpc) is 3.42. The summed E-state index contributed by atoms with van der Waals surface area (Å²) in [6.45, 7) is 2.06. The number of hydrogen-bond donors (Lipinski definition) is 1. The summed E-state index contributed by atoms with van der Waals surface area (Å²) in [7, 11) is 6.43. The smallest absolute Gasteiger partial charge is 0.311 e. The van der Waals surface area contributed by atoms with Crippen LogP contribution in [-0.4, -0.2) is 65.3 Å². The highest BCUT2D eigenvalue weighted by molar-refractivity contribution is 7.99. The van der Waals surface area contributed by atoms with Crippen molar-refractivity contribution in [2.24, 2.45) is 7.05 Å². The van der Waals surface area contributed by atoms with E-state index < -0.39 is 0 Å². The Morgan fingerprint density at radius 1 is 1.12 bits per heavy atom. The van der Waals surface area contributed by atoms with E-state index >= 15 is 0 Å². The van der Waals surface area contributed by atoms with E-state index in [1.807, 2.05) is 0 Å². The van der Waals surface area contributed by atoms with E-state index in [0.29, 0.717) is 45.7 Å². The van der Waals surface area contributed by atoms with Gasteiger partial charge in [0.25, 0.3) is 0 Å². The van der Waals surface area contributed by atoms with Crippen molar-refractivity contribution in [1.29, 1.82) is 0 Å². The number of hydrogen-bond acceptors (Lipinski definition) is 11. The van der Waals surface area contributed by atoms with Crippen molar-refractivity contribution in [3.63, 3.8) is 0 Å². The Kier molecular flexibility index (Phi) is 8.71. The molecule has 2 heterocycles. The van der Waals surface area contributed by atoms with Crippen LogP contribution in [0.15, 0.2) is 22.7 Å². The van der Waals surface area contributed by atoms with Crippen LogP contribution in [0, 0.1) is 0 Å². The fraction of sp³-hybridized carbons (Fsp3) is 0.381. The number of esters is 1. The number of methoxy groups -OCH3 is 3. The summed E-state index contributed by atoms with van der Waals surface area (Å²) < 4.78 is 22.9. The molecule has 0 atom stereocenters. The van der Waals surface area contributed by atoms with E-state index in [9.17, 15) is 9.59 Å². The molecule has 0 bridgehead atoms. The van der Waals surface area contributed by atoms with Gasteiger partial charge in [-0.2, -0.15) is 0 Å². The highest BCUT2D eigenvalue weighted by atomic mass is 32.2. The number of amides is 1. The van der Waals surface area contributed by atoms with E-state index in [1.54, 1.807) is 50.3 Å². The molecular formula is C21H25N5O6S2. The van der Waals surface area contributed by atoms with Crippen LogP contribution in [0.4, 0.5) is 5.13 Å². The third-order valence-corrected chi connectivity index (χ3v) is 6.35. The first-order valence-electron chi connectivity index (χ1n) is 10.1. The van der Waals surface area contributed by atoms with E-state index in [0.717, 1.165) is 5.56 Å². The number of ether oxygens (including phenoxy) is 4. The first-order valence-corrected chi connectivity index (χ1v) is 12.0. The standard InChI is InChI=1S/C21H25N5O6S2/c1-6-32-17(28)9-13-10-33-20(22-13)23-16(27)11-34-21-25-24-19(26(21)2)12-7-14(29-3)18(31-5)15(8-12)30-4/h7-8,10H,6,9,11H2,1-5H3,(H,22,23,27). The molecular weight excluding hydrogens is 482 g/mol. The van der Waals surface area contributed by atoms with Crippen LogP contribution in [0.3, 0.4) is 0 Å². The molecule has 3 rings (SSSR count). The van der Waals surface area contributed by atoms with E-state index in [-0.39, 0.29) is 24.1 Å². The van der Waals surface area contributed by atoms with Crippen molar-refractivity contribution < 1.29 is 28.5 Å². The van der Waals surface area contributed by atoms with Crippen LogP contribution in [0.1, 0.15) is 12.6 Å². The second-order valence-electron chi connectivity index (χ2n) is 6.74. The van der Waals surface area contributed by atoms with Gasteiger partial charge in [0.05, 0.1) is 45.8 Å². The van der Waals surface area contributed by atoms with Crippen LogP contribution in [0.5, 0.6) is 17.2 Å². The predicted octanol–water partition coefficient (Wildman–Crippen LogP) is 2.80. The molecule has 0 radical (unpaired) electrons. The zero-order valence-electron chi connectivity index (χ0n) is 19.4. The van der Waals surface area contributed by atoms with E-state index in [4.69, 9.17) is 18.9 Å². The first kappa shape index (κ1) is 25.3. The lowest BCUT2D eigenvalue weighted by atomic mass is 10.1. The first-order chi connectivity index (χ1) is 16.4. The molecule has 0 saturated carbocycles. The number of aromatic nitrogens is 4. The van der Waals surface area contributed by atoms with E-state index in [1.165, 1.54) is 30.2 Å². The van der Waals surface area contributed by atoms with Crippen molar-refractivity contribution in [3.8, 4) is 28.6 Å². The van der Waals surface area contributed by atoms with Gasteiger partial charge in [-0.05, 0) is 19.1 Å². The van der Waals surface area contributed by atoms with E-state index in [2.05, 4.69) is 20.5 Å². The number of thioether (sulfide) groups is 1. The Labute approximate surface area is 204 Å². The van der Waals surface area contributed by atoms with Crippen LogP contribution in [0.2, 0.25) is 0 Å². The summed E-state index contributed by atoms with van der Waals surface area (Å²) >= 11 is 2.48. The molecule has 0 aliphatic carbocycles. The number of carbonyl (C=O) groups is 2. The highest BCUT2D eigenvalue weighted by Gasteiger charge is 2.19. The maximum atomic E-state index is 12.4. The molecule has 0 unspecified atom stereocenters. The number of nitrogens with one attached hydrogen (secondary N) is 1. The van der Waals surface area contributed by atoms with Gasteiger partial charge in [-0.25, -0.2) is 4.98 Å². The molecule has 1 aromatic carbocycles. The lowest BCUT2D eigenvalue weighted by Gasteiger charge is -2.14. The SMILES string of the molecule is CCOC(=O)Cc1csc(NC(=O)CSc2nnc(-c3cc(OC)c(OC)c(OC)c3)n2C)n1. The van der Waals surface area contributed by atoms with Crippen molar-refractivity contribution in [2.45, 2.75) is 18.5 Å². The number of carbonyl (C=O) groups excluding carboxylic acids is 2. The third kappa shape index (κ3) is 5.97. The Hall–Kier alpha value is -3.32. The summed E-state index contributed by atoms with van der Waals surface area (Å²) in [5, 5.41) is 13.9. The van der Waals surface area contributed by atoms with Crippen molar-refractivity contribution >= 4 is 40.1 Å². The van der Waals surface area contributed by atoms with Crippen LogP contribution < -0.4 is 19.5 Å². The summed E-state index contributed by atoms with van der Waals surface area (Å²) in [4.78, 5) is 28.2. The number of anilines is 1. The molecule has 0 aliphatic heterocycles.